The van der Waals surface area contributed by atoms with Gasteiger partial charge < -0.3 is 9.80 Å². The van der Waals surface area contributed by atoms with E-state index in [9.17, 15) is 0 Å². The van der Waals surface area contributed by atoms with Crippen LogP contribution in [0.2, 0.25) is 0 Å². The van der Waals surface area contributed by atoms with Gasteiger partial charge >= 0.3 is 0 Å². The lowest BCUT2D eigenvalue weighted by Gasteiger charge is -2.32. The Kier molecular flexibility index (Phi) is 5.02. The topological polar surface area (TPSA) is 6.48 Å². The molecule has 1 atom stereocenters. The van der Waals surface area contributed by atoms with Gasteiger partial charge in [-0.1, -0.05) is 36.4 Å². The molecule has 0 aliphatic heterocycles. The summed E-state index contributed by atoms with van der Waals surface area (Å²) < 4.78 is 0. The minimum absolute atomic E-state index is 0.415. The monoisotopic (exact) mass is 308 g/mol. The molecule has 3 rings (SSSR count). The van der Waals surface area contributed by atoms with Crippen molar-refractivity contribution >= 4 is 5.69 Å². The molecule has 0 spiro atoms. The van der Waals surface area contributed by atoms with Gasteiger partial charge in [-0.25, -0.2) is 0 Å². The molecular formula is C21H28N2. The van der Waals surface area contributed by atoms with Crippen LogP contribution in [0.25, 0.3) is 0 Å². The van der Waals surface area contributed by atoms with Crippen LogP contribution in [-0.4, -0.2) is 32.6 Å². The second-order valence-electron chi connectivity index (χ2n) is 6.94. The predicted octanol–water partition coefficient (Wildman–Crippen LogP) is 4.30. The van der Waals surface area contributed by atoms with Crippen molar-refractivity contribution in [3.63, 3.8) is 0 Å². The van der Waals surface area contributed by atoms with E-state index < -0.39 is 0 Å². The summed E-state index contributed by atoms with van der Waals surface area (Å²) in [6, 6.07) is 18.4. The highest BCUT2D eigenvalue weighted by Crippen LogP contribution is 2.32. The van der Waals surface area contributed by atoms with Crippen molar-refractivity contribution in [1.29, 1.82) is 0 Å². The number of anilines is 1. The van der Waals surface area contributed by atoms with Crippen molar-refractivity contribution in [1.82, 2.24) is 4.90 Å². The Balaban J connectivity index is 1.86. The van der Waals surface area contributed by atoms with E-state index in [2.05, 4.69) is 79.5 Å². The van der Waals surface area contributed by atoms with Crippen LogP contribution in [0.15, 0.2) is 48.5 Å². The van der Waals surface area contributed by atoms with E-state index >= 15 is 0 Å². The van der Waals surface area contributed by atoms with Crippen LogP contribution in [0.5, 0.6) is 0 Å². The summed E-state index contributed by atoms with van der Waals surface area (Å²) in [7, 11) is 6.54. The zero-order chi connectivity index (χ0) is 16.2. The van der Waals surface area contributed by atoms with Gasteiger partial charge in [0, 0.05) is 12.7 Å². The molecule has 23 heavy (non-hydrogen) atoms. The largest absolute Gasteiger partial charge is 0.367 e. The quantitative estimate of drug-likeness (QED) is 0.785. The molecule has 122 valence electrons. The molecule has 0 heterocycles. The number of hydrogen-bond acceptors (Lipinski definition) is 2. The third-order valence-electron chi connectivity index (χ3n) is 4.99. The van der Waals surface area contributed by atoms with Crippen LogP contribution in [0.3, 0.4) is 0 Å². The smallest absolute Gasteiger partial charge is 0.0551 e. The summed E-state index contributed by atoms with van der Waals surface area (Å²) in [5, 5.41) is 0. The van der Waals surface area contributed by atoms with E-state index in [0.29, 0.717) is 6.04 Å². The maximum absolute atomic E-state index is 2.46. The summed E-state index contributed by atoms with van der Waals surface area (Å²) in [5.41, 5.74) is 5.84. The standard InChI is InChI=1S/C21H28N2/c1-22(2)15-14-21(18-8-5-4-6-9-18)23(3)20-13-12-17-10-7-11-19(17)16-20/h4-6,8-9,12-13,16,21H,7,10-11,14-15H2,1-3H3. The normalized spacial score (nSPS) is 14.8. The Morgan fingerprint density at radius 1 is 0.913 bits per heavy atom. The van der Waals surface area contributed by atoms with Crippen molar-refractivity contribution in [3.05, 3.63) is 65.2 Å². The van der Waals surface area contributed by atoms with Gasteiger partial charge in [-0.05, 0) is 75.1 Å². The van der Waals surface area contributed by atoms with Gasteiger partial charge in [0.25, 0.3) is 0 Å². The van der Waals surface area contributed by atoms with Gasteiger partial charge in [-0.3, -0.25) is 0 Å². The van der Waals surface area contributed by atoms with Crippen LogP contribution in [-0.2, 0) is 12.8 Å². The molecule has 0 aromatic heterocycles. The lowest BCUT2D eigenvalue weighted by atomic mass is 10.0. The maximum Gasteiger partial charge on any atom is 0.0551 e. The van der Waals surface area contributed by atoms with Crippen molar-refractivity contribution < 1.29 is 0 Å². The molecular weight excluding hydrogens is 280 g/mol. The summed E-state index contributed by atoms with van der Waals surface area (Å²) in [4.78, 5) is 4.73. The van der Waals surface area contributed by atoms with Gasteiger partial charge in [-0.15, -0.1) is 0 Å². The zero-order valence-corrected chi connectivity index (χ0v) is 14.6. The zero-order valence-electron chi connectivity index (χ0n) is 14.6. The second-order valence-corrected chi connectivity index (χ2v) is 6.94. The maximum atomic E-state index is 2.46. The fourth-order valence-corrected chi connectivity index (χ4v) is 3.60. The molecule has 0 fully saturated rings. The second kappa shape index (κ2) is 7.18. The molecule has 1 aliphatic rings. The van der Waals surface area contributed by atoms with Crippen molar-refractivity contribution in [2.24, 2.45) is 0 Å². The Hall–Kier alpha value is -1.80. The van der Waals surface area contributed by atoms with Gasteiger partial charge in [0.05, 0.1) is 6.04 Å². The SMILES string of the molecule is CN(C)CCC(c1ccccc1)N(C)c1ccc2c(c1)CCC2. The van der Waals surface area contributed by atoms with Crippen LogP contribution in [0.4, 0.5) is 5.69 Å². The summed E-state index contributed by atoms with van der Waals surface area (Å²) >= 11 is 0. The molecule has 0 amide bonds. The number of nitrogens with zero attached hydrogens (tertiary/aromatic N) is 2. The third-order valence-corrected chi connectivity index (χ3v) is 4.99. The number of benzene rings is 2. The lowest BCUT2D eigenvalue weighted by molar-refractivity contribution is 0.379. The van der Waals surface area contributed by atoms with Gasteiger partial charge in [0.1, 0.15) is 0 Å². The first-order chi connectivity index (χ1) is 11.1. The Morgan fingerprint density at radius 3 is 2.39 bits per heavy atom. The highest BCUT2D eigenvalue weighted by molar-refractivity contribution is 5.53. The molecule has 2 aromatic carbocycles. The molecule has 2 aromatic rings. The summed E-state index contributed by atoms with van der Waals surface area (Å²) in [6.07, 6.45) is 4.93. The predicted molar refractivity (Wildman–Crippen MR) is 99.2 cm³/mol. The molecule has 2 nitrogen and oxygen atoms in total. The Morgan fingerprint density at radius 2 is 1.65 bits per heavy atom. The minimum atomic E-state index is 0.415. The van der Waals surface area contributed by atoms with E-state index in [-0.39, 0.29) is 0 Å². The van der Waals surface area contributed by atoms with Crippen LogP contribution in [0.1, 0.15) is 35.6 Å². The molecule has 0 saturated carbocycles. The van der Waals surface area contributed by atoms with E-state index in [4.69, 9.17) is 0 Å². The first kappa shape index (κ1) is 16.1. The van der Waals surface area contributed by atoms with E-state index in [1.165, 1.54) is 30.5 Å². The Labute approximate surface area is 140 Å². The summed E-state index contributed by atoms with van der Waals surface area (Å²) in [6.45, 7) is 1.09. The molecule has 0 N–H and O–H groups in total. The average molecular weight is 308 g/mol. The van der Waals surface area contributed by atoms with E-state index in [1.54, 1.807) is 11.1 Å². The molecule has 0 bridgehead atoms. The summed E-state index contributed by atoms with van der Waals surface area (Å²) in [5.74, 6) is 0. The highest BCUT2D eigenvalue weighted by atomic mass is 15.1. The molecule has 1 aliphatic carbocycles. The molecule has 1 unspecified atom stereocenters. The first-order valence-electron chi connectivity index (χ1n) is 8.69. The lowest BCUT2D eigenvalue weighted by Crippen LogP contribution is -2.28. The minimum Gasteiger partial charge on any atom is -0.367 e. The van der Waals surface area contributed by atoms with Crippen LogP contribution < -0.4 is 4.90 Å². The fraction of sp³-hybridized carbons (Fsp3) is 0.429. The molecule has 0 radical (unpaired) electrons. The first-order valence-corrected chi connectivity index (χ1v) is 8.69. The fourth-order valence-electron chi connectivity index (χ4n) is 3.60. The number of rotatable bonds is 6. The third kappa shape index (κ3) is 3.76. The van der Waals surface area contributed by atoms with Crippen molar-refractivity contribution in [3.8, 4) is 0 Å². The number of aryl methyl sites for hydroxylation is 2. The van der Waals surface area contributed by atoms with Gasteiger partial charge in [-0.2, -0.15) is 0 Å². The van der Waals surface area contributed by atoms with Crippen molar-refractivity contribution in [2.75, 3.05) is 32.6 Å². The highest BCUT2D eigenvalue weighted by Gasteiger charge is 2.19. The van der Waals surface area contributed by atoms with E-state index in [1.807, 2.05) is 0 Å². The van der Waals surface area contributed by atoms with Crippen LogP contribution >= 0.6 is 0 Å². The van der Waals surface area contributed by atoms with E-state index in [0.717, 1.165) is 13.0 Å². The molecule has 0 saturated heterocycles. The van der Waals surface area contributed by atoms with Crippen LogP contribution in [0, 0.1) is 0 Å². The average Bonchev–Trinajstić information content (AvgIpc) is 3.03. The molecule has 2 heteroatoms. The van der Waals surface area contributed by atoms with Gasteiger partial charge in [0.15, 0.2) is 0 Å². The Bertz CT molecular complexity index is 634. The van der Waals surface area contributed by atoms with Gasteiger partial charge in [0.2, 0.25) is 0 Å². The number of hydrogen-bond donors (Lipinski definition) is 0. The van der Waals surface area contributed by atoms with Crippen molar-refractivity contribution in [2.45, 2.75) is 31.7 Å². The number of fused-ring (bicyclic) bond motifs is 1.